The lowest BCUT2D eigenvalue weighted by atomic mass is 10.0. The number of rotatable bonds is 4. The van der Waals surface area contributed by atoms with E-state index in [2.05, 4.69) is 20.7 Å². The van der Waals surface area contributed by atoms with Crippen LogP contribution in [0.5, 0.6) is 5.75 Å². The molecule has 0 heterocycles. The maximum absolute atomic E-state index is 12.1. The average Bonchev–Trinajstić information content (AvgIpc) is 2.25. The van der Waals surface area contributed by atoms with E-state index >= 15 is 0 Å². The molecule has 3 nitrogen and oxygen atoms in total. The van der Waals surface area contributed by atoms with E-state index in [-0.39, 0.29) is 23.2 Å². The van der Waals surface area contributed by atoms with Gasteiger partial charge in [0.05, 0.1) is 10.4 Å². The Labute approximate surface area is 109 Å². The molecule has 0 saturated carbocycles. The number of Topliss-reactive ketones (excluding diaryl/α,β-unsaturated/α-hetero) is 1. The largest absolute Gasteiger partial charge is 0.573 e. The first-order valence-electron chi connectivity index (χ1n) is 4.74. The van der Waals surface area contributed by atoms with Crippen LogP contribution in [-0.2, 0) is 4.79 Å². The fraction of sp³-hybridized carbons (Fsp3) is 0.273. The van der Waals surface area contributed by atoms with Crippen molar-refractivity contribution in [2.24, 2.45) is 0 Å². The molecular formula is C11H8BrF3O3. The second-order valence-corrected chi connectivity index (χ2v) is 4.31. The zero-order valence-electron chi connectivity index (χ0n) is 9.12. The van der Waals surface area contributed by atoms with Crippen molar-refractivity contribution in [2.45, 2.75) is 18.1 Å². The van der Waals surface area contributed by atoms with Crippen molar-refractivity contribution in [2.75, 3.05) is 0 Å². The molecule has 0 fully saturated rings. The lowest BCUT2D eigenvalue weighted by Gasteiger charge is -2.15. The van der Waals surface area contributed by atoms with E-state index in [4.69, 9.17) is 0 Å². The fourth-order valence-electron chi connectivity index (χ4n) is 1.34. The van der Waals surface area contributed by atoms with Gasteiger partial charge in [-0.05, 0) is 18.6 Å². The Kier molecular flexibility index (Phi) is 4.50. The van der Waals surface area contributed by atoms with Gasteiger partial charge in [-0.3, -0.25) is 9.59 Å². The molecule has 0 spiro atoms. The number of hydrogen-bond donors (Lipinski definition) is 0. The van der Waals surface area contributed by atoms with Crippen LogP contribution in [0.15, 0.2) is 18.2 Å². The number of ketones is 1. The predicted octanol–water partition coefficient (Wildman–Crippen LogP) is 3.42. The molecule has 0 bridgehead atoms. The molecule has 0 aliphatic rings. The van der Waals surface area contributed by atoms with Gasteiger partial charge in [-0.25, -0.2) is 0 Å². The topological polar surface area (TPSA) is 43.4 Å². The molecule has 1 aromatic rings. The summed E-state index contributed by atoms with van der Waals surface area (Å²) in [6, 6.07) is 3.68. The maximum atomic E-state index is 12.1. The standard InChI is InChI=1S/C11H8BrF3O3/c1-6(17)10(12)7-3-2-4-9(8(7)5-16)18-11(13,14)15/h2-5,10H,1H3. The minimum Gasteiger partial charge on any atom is -0.405 e. The highest BCUT2D eigenvalue weighted by Crippen LogP contribution is 2.33. The van der Waals surface area contributed by atoms with E-state index in [0.29, 0.717) is 0 Å². The highest BCUT2D eigenvalue weighted by Gasteiger charge is 2.33. The molecule has 18 heavy (non-hydrogen) atoms. The van der Waals surface area contributed by atoms with Crippen LogP contribution >= 0.6 is 15.9 Å². The van der Waals surface area contributed by atoms with Crippen LogP contribution in [0, 0.1) is 0 Å². The summed E-state index contributed by atoms with van der Waals surface area (Å²) in [5.41, 5.74) is -0.161. The minimum absolute atomic E-state index is 0.138. The van der Waals surface area contributed by atoms with E-state index in [1.165, 1.54) is 19.1 Å². The van der Waals surface area contributed by atoms with E-state index in [9.17, 15) is 22.8 Å². The van der Waals surface area contributed by atoms with Crippen LogP contribution in [0.25, 0.3) is 0 Å². The molecule has 0 aliphatic heterocycles. The molecule has 1 rings (SSSR count). The second kappa shape index (κ2) is 5.51. The SMILES string of the molecule is CC(=O)C(Br)c1cccc(OC(F)(F)F)c1C=O. The van der Waals surface area contributed by atoms with Gasteiger partial charge in [0.2, 0.25) is 0 Å². The first-order valence-corrected chi connectivity index (χ1v) is 5.66. The summed E-state index contributed by atoms with van der Waals surface area (Å²) >= 11 is 3.01. The van der Waals surface area contributed by atoms with E-state index < -0.39 is 16.9 Å². The van der Waals surface area contributed by atoms with Crippen molar-refractivity contribution in [3.63, 3.8) is 0 Å². The Hall–Kier alpha value is -1.37. The number of halogens is 4. The van der Waals surface area contributed by atoms with Crippen LogP contribution in [0.4, 0.5) is 13.2 Å². The van der Waals surface area contributed by atoms with Crippen LogP contribution in [0.3, 0.4) is 0 Å². The first kappa shape index (κ1) is 14.7. The number of carbonyl (C=O) groups is 2. The number of alkyl halides is 4. The van der Waals surface area contributed by atoms with Crippen molar-refractivity contribution in [3.8, 4) is 5.75 Å². The highest BCUT2D eigenvalue weighted by molar-refractivity contribution is 9.09. The molecule has 0 aliphatic carbocycles. The Morgan fingerprint density at radius 3 is 2.50 bits per heavy atom. The van der Waals surface area contributed by atoms with Gasteiger partial charge in [0.15, 0.2) is 6.29 Å². The van der Waals surface area contributed by atoms with Crippen LogP contribution in [-0.4, -0.2) is 18.4 Å². The summed E-state index contributed by atoms with van der Waals surface area (Å²) in [7, 11) is 0. The number of benzene rings is 1. The summed E-state index contributed by atoms with van der Waals surface area (Å²) in [4.78, 5) is 21.2. The smallest absolute Gasteiger partial charge is 0.405 e. The molecule has 0 amide bonds. The normalized spacial score (nSPS) is 12.9. The Bertz CT molecular complexity index is 471. The number of aldehydes is 1. The minimum atomic E-state index is -4.89. The van der Waals surface area contributed by atoms with Gasteiger partial charge in [-0.1, -0.05) is 28.1 Å². The Morgan fingerprint density at radius 1 is 1.44 bits per heavy atom. The Balaban J connectivity index is 3.26. The third-order valence-corrected chi connectivity index (χ3v) is 3.21. The number of carbonyl (C=O) groups excluding carboxylic acids is 2. The molecular weight excluding hydrogens is 317 g/mol. The molecule has 0 aromatic heterocycles. The van der Waals surface area contributed by atoms with Crippen molar-refractivity contribution in [3.05, 3.63) is 29.3 Å². The van der Waals surface area contributed by atoms with Gasteiger partial charge in [0.25, 0.3) is 0 Å². The van der Waals surface area contributed by atoms with E-state index in [1.807, 2.05) is 0 Å². The summed E-state index contributed by atoms with van der Waals surface area (Å²) in [5, 5.41) is 0. The fourth-order valence-corrected chi connectivity index (χ4v) is 1.74. The molecule has 1 atom stereocenters. The lowest BCUT2D eigenvalue weighted by molar-refractivity contribution is -0.274. The number of ether oxygens (including phenoxy) is 1. The zero-order chi connectivity index (χ0) is 13.9. The summed E-state index contributed by atoms with van der Waals surface area (Å²) in [6.45, 7) is 1.26. The van der Waals surface area contributed by atoms with Gasteiger partial charge >= 0.3 is 6.36 Å². The maximum Gasteiger partial charge on any atom is 0.573 e. The third-order valence-electron chi connectivity index (χ3n) is 2.07. The van der Waals surface area contributed by atoms with Gasteiger partial charge in [-0.15, -0.1) is 13.2 Å². The highest BCUT2D eigenvalue weighted by atomic mass is 79.9. The van der Waals surface area contributed by atoms with E-state index in [0.717, 1.165) is 6.07 Å². The molecule has 7 heteroatoms. The second-order valence-electron chi connectivity index (χ2n) is 3.40. The summed E-state index contributed by atoms with van der Waals surface area (Å²) in [6.07, 6.45) is -4.66. The Morgan fingerprint density at radius 2 is 2.06 bits per heavy atom. The quantitative estimate of drug-likeness (QED) is 0.629. The molecule has 0 saturated heterocycles. The van der Waals surface area contributed by atoms with Gasteiger partial charge in [0, 0.05) is 0 Å². The summed E-state index contributed by atoms with van der Waals surface area (Å²) in [5.74, 6) is -0.956. The van der Waals surface area contributed by atoms with Gasteiger partial charge < -0.3 is 4.74 Å². The van der Waals surface area contributed by atoms with Crippen molar-refractivity contribution < 1.29 is 27.5 Å². The molecule has 1 aromatic carbocycles. The monoisotopic (exact) mass is 324 g/mol. The van der Waals surface area contributed by atoms with Gasteiger partial charge in [-0.2, -0.15) is 0 Å². The van der Waals surface area contributed by atoms with Crippen molar-refractivity contribution >= 4 is 28.0 Å². The van der Waals surface area contributed by atoms with Crippen molar-refractivity contribution in [1.82, 2.24) is 0 Å². The number of hydrogen-bond acceptors (Lipinski definition) is 3. The first-order chi connectivity index (χ1) is 8.26. The zero-order valence-corrected chi connectivity index (χ0v) is 10.7. The van der Waals surface area contributed by atoms with Crippen LogP contribution in [0.2, 0.25) is 0 Å². The average molecular weight is 325 g/mol. The van der Waals surface area contributed by atoms with Crippen LogP contribution in [0.1, 0.15) is 27.7 Å². The lowest BCUT2D eigenvalue weighted by Crippen LogP contribution is -2.19. The van der Waals surface area contributed by atoms with E-state index in [1.54, 1.807) is 0 Å². The van der Waals surface area contributed by atoms with Gasteiger partial charge in [0.1, 0.15) is 11.5 Å². The summed E-state index contributed by atoms with van der Waals surface area (Å²) < 4.78 is 40.1. The van der Waals surface area contributed by atoms with Crippen LogP contribution < -0.4 is 4.74 Å². The molecule has 1 unspecified atom stereocenters. The predicted molar refractivity (Wildman–Crippen MR) is 60.9 cm³/mol. The van der Waals surface area contributed by atoms with Crippen molar-refractivity contribution in [1.29, 1.82) is 0 Å². The molecule has 0 radical (unpaired) electrons. The third kappa shape index (κ3) is 3.56. The molecule has 98 valence electrons. The molecule has 0 N–H and O–H groups in total.